The van der Waals surface area contributed by atoms with Gasteiger partial charge in [-0.15, -0.1) is 12.4 Å². The van der Waals surface area contributed by atoms with Crippen LogP contribution >= 0.6 is 12.4 Å². The van der Waals surface area contributed by atoms with Gasteiger partial charge in [-0.2, -0.15) is 0 Å². The second-order valence-corrected chi connectivity index (χ2v) is 6.83. The van der Waals surface area contributed by atoms with E-state index in [2.05, 4.69) is 10.0 Å². The Morgan fingerprint density at radius 3 is 2.57 bits per heavy atom. The van der Waals surface area contributed by atoms with Gasteiger partial charge in [0.05, 0.1) is 0 Å². The number of aryl methyl sites for hydroxylation is 1. The highest BCUT2D eigenvalue weighted by atomic mass is 35.5. The summed E-state index contributed by atoms with van der Waals surface area (Å²) < 4.78 is 53.9. The van der Waals surface area contributed by atoms with Crippen molar-refractivity contribution in [1.82, 2.24) is 10.0 Å². The van der Waals surface area contributed by atoms with Gasteiger partial charge < -0.3 is 5.32 Å². The van der Waals surface area contributed by atoms with E-state index in [1.807, 2.05) is 6.92 Å². The van der Waals surface area contributed by atoms with Crippen molar-refractivity contribution in [2.45, 2.75) is 43.7 Å². The first kappa shape index (κ1) is 18.3. The summed E-state index contributed by atoms with van der Waals surface area (Å²) in [6, 6.07) is 1.31. The summed E-state index contributed by atoms with van der Waals surface area (Å²) in [4.78, 5) is -0.505. The van der Waals surface area contributed by atoms with Crippen LogP contribution in [0.3, 0.4) is 0 Å². The first-order valence-electron chi connectivity index (χ1n) is 6.52. The maximum atomic E-state index is 13.7. The minimum absolute atomic E-state index is 0. The normalized spacial score (nSPS) is 22.7. The molecular formula is C13H19ClF2N2O2S. The lowest BCUT2D eigenvalue weighted by Gasteiger charge is -2.30. The molecule has 2 unspecified atom stereocenters. The molecule has 0 aromatic heterocycles. The van der Waals surface area contributed by atoms with Crippen molar-refractivity contribution in [2.24, 2.45) is 0 Å². The molecule has 2 rings (SSSR count). The molecule has 1 saturated heterocycles. The highest BCUT2D eigenvalue weighted by Gasteiger charge is 2.28. The summed E-state index contributed by atoms with van der Waals surface area (Å²) in [7, 11) is -3.99. The standard InChI is InChI=1S/C13H18F2N2O2S.ClH/c1-8-6-13(11(15)7-10(8)14)20(18,19)17-12-4-3-5-16-9(12)2;/h6-7,9,12,16-17H,3-5H2,1-2H3;1H. The maximum absolute atomic E-state index is 13.7. The zero-order valence-electron chi connectivity index (χ0n) is 11.8. The monoisotopic (exact) mass is 340 g/mol. The first-order valence-corrected chi connectivity index (χ1v) is 8.01. The van der Waals surface area contributed by atoms with E-state index in [9.17, 15) is 17.2 Å². The van der Waals surface area contributed by atoms with Crippen LogP contribution in [-0.2, 0) is 10.0 Å². The molecule has 1 aromatic rings. The van der Waals surface area contributed by atoms with Crippen LogP contribution < -0.4 is 10.0 Å². The fourth-order valence-corrected chi connectivity index (χ4v) is 3.80. The molecule has 1 fully saturated rings. The topological polar surface area (TPSA) is 58.2 Å². The molecule has 0 aliphatic carbocycles. The van der Waals surface area contributed by atoms with Crippen LogP contribution in [0.1, 0.15) is 25.3 Å². The lowest BCUT2D eigenvalue weighted by molar-refractivity contribution is 0.348. The van der Waals surface area contributed by atoms with E-state index < -0.39 is 26.6 Å². The molecule has 2 atom stereocenters. The minimum atomic E-state index is -3.99. The molecule has 1 aromatic carbocycles. The zero-order valence-corrected chi connectivity index (χ0v) is 13.5. The van der Waals surface area contributed by atoms with Crippen LogP contribution in [0.15, 0.2) is 17.0 Å². The number of halogens is 3. The Balaban J connectivity index is 0.00000220. The van der Waals surface area contributed by atoms with Crippen molar-refractivity contribution in [3.63, 3.8) is 0 Å². The lowest BCUT2D eigenvalue weighted by atomic mass is 10.0. The average Bonchev–Trinajstić information content (AvgIpc) is 2.36. The molecule has 0 spiro atoms. The quantitative estimate of drug-likeness (QED) is 0.886. The zero-order chi connectivity index (χ0) is 14.9. The largest absolute Gasteiger partial charge is 0.313 e. The molecule has 0 bridgehead atoms. The Bertz CT molecular complexity index is 610. The van der Waals surface area contributed by atoms with Gasteiger partial charge in [0, 0.05) is 18.2 Å². The Hall–Kier alpha value is -0.760. The number of hydrogen-bond acceptors (Lipinski definition) is 3. The van der Waals surface area contributed by atoms with Crippen molar-refractivity contribution in [1.29, 1.82) is 0 Å². The van der Waals surface area contributed by atoms with Crippen LogP contribution in [0.2, 0.25) is 0 Å². The fourth-order valence-electron chi connectivity index (χ4n) is 2.30. The molecule has 120 valence electrons. The molecule has 0 amide bonds. The maximum Gasteiger partial charge on any atom is 0.243 e. The van der Waals surface area contributed by atoms with Crippen LogP contribution in [-0.4, -0.2) is 27.0 Å². The predicted octanol–water partition coefficient (Wildman–Crippen LogP) is 2.11. The molecule has 0 saturated carbocycles. The molecule has 4 nitrogen and oxygen atoms in total. The number of hydrogen-bond donors (Lipinski definition) is 2. The number of sulfonamides is 1. The molecule has 8 heteroatoms. The van der Waals surface area contributed by atoms with Crippen molar-refractivity contribution in [2.75, 3.05) is 6.54 Å². The van der Waals surface area contributed by atoms with Crippen LogP contribution in [0, 0.1) is 18.6 Å². The molecule has 1 aliphatic rings. The van der Waals surface area contributed by atoms with Crippen LogP contribution in [0.4, 0.5) is 8.78 Å². The SMILES string of the molecule is Cc1cc(S(=O)(=O)NC2CCCNC2C)c(F)cc1F.Cl. The Kier molecular flexibility index (Phi) is 6.10. The second-order valence-electron chi connectivity index (χ2n) is 5.14. The van der Waals surface area contributed by atoms with E-state index in [1.165, 1.54) is 6.92 Å². The number of piperidine rings is 1. The molecule has 0 radical (unpaired) electrons. The molecule has 2 N–H and O–H groups in total. The van der Waals surface area contributed by atoms with Gasteiger partial charge in [-0.3, -0.25) is 0 Å². The van der Waals surface area contributed by atoms with E-state index in [-0.39, 0.29) is 30.1 Å². The lowest BCUT2D eigenvalue weighted by Crippen LogP contribution is -2.51. The molecular weight excluding hydrogens is 322 g/mol. The van der Waals surface area contributed by atoms with Crippen LogP contribution in [0.5, 0.6) is 0 Å². The van der Waals surface area contributed by atoms with E-state index in [1.54, 1.807) is 0 Å². The van der Waals surface area contributed by atoms with Crippen molar-refractivity contribution in [3.8, 4) is 0 Å². The van der Waals surface area contributed by atoms with Gasteiger partial charge in [-0.1, -0.05) is 0 Å². The van der Waals surface area contributed by atoms with Gasteiger partial charge >= 0.3 is 0 Å². The number of nitrogens with one attached hydrogen (secondary N) is 2. The predicted molar refractivity (Wildman–Crippen MR) is 79.2 cm³/mol. The fraction of sp³-hybridized carbons (Fsp3) is 0.538. The molecule has 1 heterocycles. The van der Waals surface area contributed by atoms with Gasteiger partial charge in [0.1, 0.15) is 16.5 Å². The van der Waals surface area contributed by atoms with Gasteiger partial charge in [-0.05, 0) is 44.9 Å². The van der Waals surface area contributed by atoms with Crippen molar-refractivity contribution < 1.29 is 17.2 Å². The van der Waals surface area contributed by atoms with E-state index in [0.717, 1.165) is 19.0 Å². The average molecular weight is 341 g/mol. The summed E-state index contributed by atoms with van der Waals surface area (Å²) in [5.41, 5.74) is 0.0987. The summed E-state index contributed by atoms with van der Waals surface area (Å²) in [6.07, 6.45) is 1.54. The van der Waals surface area contributed by atoms with E-state index in [0.29, 0.717) is 12.5 Å². The highest BCUT2D eigenvalue weighted by Crippen LogP contribution is 2.20. The highest BCUT2D eigenvalue weighted by molar-refractivity contribution is 7.89. The van der Waals surface area contributed by atoms with Gasteiger partial charge in [-0.25, -0.2) is 21.9 Å². The Morgan fingerprint density at radius 2 is 1.95 bits per heavy atom. The molecule has 1 aliphatic heterocycles. The Morgan fingerprint density at radius 1 is 1.29 bits per heavy atom. The van der Waals surface area contributed by atoms with Gasteiger partial charge in [0.2, 0.25) is 10.0 Å². The molecule has 21 heavy (non-hydrogen) atoms. The second kappa shape index (κ2) is 7.00. The van der Waals surface area contributed by atoms with Crippen molar-refractivity contribution in [3.05, 3.63) is 29.3 Å². The third-order valence-corrected chi connectivity index (χ3v) is 5.08. The number of benzene rings is 1. The van der Waals surface area contributed by atoms with Gasteiger partial charge in [0.25, 0.3) is 0 Å². The number of rotatable bonds is 3. The smallest absolute Gasteiger partial charge is 0.243 e. The third kappa shape index (κ3) is 4.12. The van der Waals surface area contributed by atoms with E-state index >= 15 is 0 Å². The van der Waals surface area contributed by atoms with Gasteiger partial charge in [0.15, 0.2) is 0 Å². The van der Waals surface area contributed by atoms with Crippen molar-refractivity contribution >= 4 is 22.4 Å². The minimum Gasteiger partial charge on any atom is -0.313 e. The third-order valence-electron chi connectivity index (χ3n) is 3.57. The summed E-state index contributed by atoms with van der Waals surface area (Å²) in [6.45, 7) is 4.11. The van der Waals surface area contributed by atoms with E-state index in [4.69, 9.17) is 0 Å². The summed E-state index contributed by atoms with van der Waals surface area (Å²) >= 11 is 0. The Labute approximate surface area is 129 Å². The van der Waals surface area contributed by atoms with Crippen LogP contribution in [0.25, 0.3) is 0 Å². The summed E-state index contributed by atoms with van der Waals surface area (Å²) in [5, 5.41) is 3.16. The summed E-state index contributed by atoms with van der Waals surface area (Å²) in [5.74, 6) is -1.83. The first-order chi connectivity index (χ1) is 9.31.